The highest BCUT2D eigenvalue weighted by Gasteiger charge is 2.10. The number of aliphatic imine (C=N–C) groups is 1. The van der Waals surface area contributed by atoms with E-state index in [4.69, 9.17) is 14.5 Å². The molecule has 0 bridgehead atoms. The monoisotopic (exact) mass is 443 g/mol. The summed E-state index contributed by atoms with van der Waals surface area (Å²) in [5.41, 5.74) is 2.38. The van der Waals surface area contributed by atoms with Gasteiger partial charge < -0.3 is 24.7 Å². The first kappa shape index (κ1) is 24.0. The largest absolute Gasteiger partial charge is 0.496 e. The first-order chi connectivity index (χ1) is 15.6. The van der Waals surface area contributed by atoms with Crippen LogP contribution in [0.3, 0.4) is 0 Å². The fourth-order valence-electron chi connectivity index (χ4n) is 3.59. The molecule has 3 rings (SSSR count). The number of nitrogens with zero attached hydrogens (tertiary/aromatic N) is 5. The molecule has 1 saturated heterocycles. The molecule has 1 aliphatic rings. The van der Waals surface area contributed by atoms with Gasteiger partial charge in [0.15, 0.2) is 11.8 Å². The average molecular weight is 444 g/mol. The fraction of sp³-hybridized carbons (Fsp3) is 0.609. The highest BCUT2D eigenvalue weighted by Crippen LogP contribution is 2.19. The SMILES string of the molecule is COc1cc(CCNC(=NCc2nnc(C)n2C)NCCCN2CCOCC2)ccc1C. The van der Waals surface area contributed by atoms with E-state index in [0.717, 1.165) is 87.7 Å². The second-order valence-electron chi connectivity index (χ2n) is 8.10. The van der Waals surface area contributed by atoms with Crippen molar-refractivity contribution in [3.05, 3.63) is 41.0 Å². The number of rotatable bonds is 10. The van der Waals surface area contributed by atoms with Crippen LogP contribution in [0.5, 0.6) is 5.75 Å². The van der Waals surface area contributed by atoms with Gasteiger partial charge in [0.1, 0.15) is 18.1 Å². The molecule has 176 valence electrons. The van der Waals surface area contributed by atoms with Gasteiger partial charge >= 0.3 is 0 Å². The molecule has 0 radical (unpaired) electrons. The van der Waals surface area contributed by atoms with Crippen molar-refractivity contribution in [2.45, 2.75) is 33.2 Å². The van der Waals surface area contributed by atoms with Crippen molar-refractivity contribution < 1.29 is 9.47 Å². The Bertz CT molecular complexity index is 875. The van der Waals surface area contributed by atoms with Crippen LogP contribution in [-0.2, 0) is 24.8 Å². The Labute approximate surface area is 191 Å². The van der Waals surface area contributed by atoms with Crippen molar-refractivity contribution in [3.63, 3.8) is 0 Å². The molecule has 9 heteroatoms. The highest BCUT2D eigenvalue weighted by atomic mass is 16.5. The van der Waals surface area contributed by atoms with Crippen LogP contribution in [0, 0.1) is 13.8 Å². The van der Waals surface area contributed by atoms with E-state index in [9.17, 15) is 0 Å². The molecular weight excluding hydrogens is 406 g/mol. The van der Waals surface area contributed by atoms with E-state index in [-0.39, 0.29) is 0 Å². The van der Waals surface area contributed by atoms with Crippen molar-refractivity contribution in [3.8, 4) is 5.75 Å². The van der Waals surface area contributed by atoms with Gasteiger partial charge in [0.05, 0.1) is 20.3 Å². The molecule has 0 unspecified atom stereocenters. The Balaban J connectivity index is 1.52. The van der Waals surface area contributed by atoms with Gasteiger partial charge in [-0.25, -0.2) is 4.99 Å². The summed E-state index contributed by atoms with van der Waals surface area (Å²) < 4.78 is 12.8. The lowest BCUT2D eigenvalue weighted by Gasteiger charge is -2.26. The van der Waals surface area contributed by atoms with Gasteiger partial charge in [0.25, 0.3) is 0 Å². The van der Waals surface area contributed by atoms with Crippen LogP contribution in [0.4, 0.5) is 0 Å². The number of nitrogens with one attached hydrogen (secondary N) is 2. The molecule has 9 nitrogen and oxygen atoms in total. The maximum Gasteiger partial charge on any atom is 0.191 e. The summed E-state index contributed by atoms with van der Waals surface area (Å²) >= 11 is 0. The summed E-state index contributed by atoms with van der Waals surface area (Å²) in [5, 5.41) is 15.3. The number of aryl methyl sites for hydroxylation is 2. The van der Waals surface area contributed by atoms with Crippen LogP contribution in [0.2, 0.25) is 0 Å². The van der Waals surface area contributed by atoms with Gasteiger partial charge in [-0.05, 0) is 50.4 Å². The second kappa shape index (κ2) is 12.4. The van der Waals surface area contributed by atoms with Crippen LogP contribution in [0.1, 0.15) is 29.2 Å². The minimum absolute atomic E-state index is 0.481. The maximum absolute atomic E-state index is 5.45. The number of aromatic nitrogens is 3. The van der Waals surface area contributed by atoms with Gasteiger partial charge in [-0.15, -0.1) is 10.2 Å². The second-order valence-corrected chi connectivity index (χ2v) is 8.10. The Kier molecular flexibility index (Phi) is 9.30. The number of guanidine groups is 1. The predicted octanol–water partition coefficient (Wildman–Crippen LogP) is 1.44. The molecule has 0 saturated carbocycles. The lowest BCUT2D eigenvalue weighted by Crippen LogP contribution is -2.41. The highest BCUT2D eigenvalue weighted by molar-refractivity contribution is 5.79. The Morgan fingerprint density at radius 3 is 2.66 bits per heavy atom. The van der Waals surface area contributed by atoms with Crippen molar-refractivity contribution in [2.24, 2.45) is 12.0 Å². The third-order valence-corrected chi connectivity index (χ3v) is 5.79. The summed E-state index contributed by atoms with van der Waals surface area (Å²) in [6.07, 6.45) is 1.94. The van der Waals surface area contributed by atoms with Crippen LogP contribution in [0.15, 0.2) is 23.2 Å². The molecule has 2 N–H and O–H groups in total. The Hall–Kier alpha value is -2.65. The number of hydrogen-bond acceptors (Lipinski definition) is 6. The number of ether oxygens (including phenoxy) is 2. The van der Waals surface area contributed by atoms with E-state index in [0.29, 0.717) is 6.54 Å². The smallest absolute Gasteiger partial charge is 0.191 e. The molecule has 2 heterocycles. The van der Waals surface area contributed by atoms with Crippen molar-refractivity contribution >= 4 is 5.96 Å². The zero-order valence-electron chi connectivity index (χ0n) is 19.9. The predicted molar refractivity (Wildman–Crippen MR) is 126 cm³/mol. The average Bonchev–Trinajstić information content (AvgIpc) is 3.13. The van der Waals surface area contributed by atoms with E-state index in [2.05, 4.69) is 50.9 Å². The van der Waals surface area contributed by atoms with Crippen LogP contribution >= 0.6 is 0 Å². The van der Waals surface area contributed by atoms with Crippen LogP contribution < -0.4 is 15.4 Å². The number of hydrogen-bond donors (Lipinski definition) is 2. The van der Waals surface area contributed by atoms with Gasteiger partial charge in [0.2, 0.25) is 0 Å². The van der Waals surface area contributed by atoms with E-state index < -0.39 is 0 Å². The molecule has 0 amide bonds. The summed E-state index contributed by atoms with van der Waals surface area (Å²) in [7, 11) is 3.68. The third kappa shape index (κ3) is 7.20. The van der Waals surface area contributed by atoms with Crippen molar-refractivity contribution in [1.29, 1.82) is 0 Å². The summed E-state index contributed by atoms with van der Waals surface area (Å²) in [6.45, 7) is 10.9. The van der Waals surface area contributed by atoms with Crippen LogP contribution in [0.25, 0.3) is 0 Å². The Morgan fingerprint density at radius 1 is 1.16 bits per heavy atom. The zero-order chi connectivity index (χ0) is 22.8. The maximum atomic E-state index is 5.45. The molecule has 0 atom stereocenters. The third-order valence-electron chi connectivity index (χ3n) is 5.79. The molecule has 32 heavy (non-hydrogen) atoms. The Morgan fingerprint density at radius 2 is 1.94 bits per heavy atom. The minimum Gasteiger partial charge on any atom is -0.496 e. The van der Waals surface area contributed by atoms with Gasteiger partial charge in [0, 0.05) is 33.2 Å². The molecule has 1 aliphatic heterocycles. The van der Waals surface area contributed by atoms with Crippen molar-refractivity contribution in [2.75, 3.05) is 53.0 Å². The molecule has 1 aromatic carbocycles. The summed E-state index contributed by atoms with van der Waals surface area (Å²) in [6, 6.07) is 6.35. The van der Waals surface area contributed by atoms with Gasteiger partial charge in [-0.3, -0.25) is 4.90 Å². The zero-order valence-corrected chi connectivity index (χ0v) is 19.9. The molecule has 2 aromatic rings. The first-order valence-corrected chi connectivity index (χ1v) is 11.4. The number of benzene rings is 1. The van der Waals surface area contributed by atoms with E-state index >= 15 is 0 Å². The van der Waals surface area contributed by atoms with E-state index in [1.807, 2.05) is 18.5 Å². The number of methoxy groups -OCH3 is 1. The van der Waals surface area contributed by atoms with E-state index in [1.165, 1.54) is 5.56 Å². The minimum atomic E-state index is 0.481. The normalized spacial score (nSPS) is 15.1. The quantitative estimate of drug-likeness (QED) is 0.326. The number of morpholine rings is 1. The topological polar surface area (TPSA) is 88.8 Å². The summed E-state index contributed by atoms with van der Waals surface area (Å²) in [4.78, 5) is 7.19. The van der Waals surface area contributed by atoms with Gasteiger partial charge in [-0.1, -0.05) is 12.1 Å². The molecule has 1 fully saturated rings. The molecular formula is C23H37N7O2. The van der Waals surface area contributed by atoms with Crippen LogP contribution in [-0.4, -0.2) is 78.7 Å². The molecule has 0 spiro atoms. The van der Waals surface area contributed by atoms with E-state index in [1.54, 1.807) is 7.11 Å². The fourth-order valence-corrected chi connectivity index (χ4v) is 3.59. The first-order valence-electron chi connectivity index (χ1n) is 11.4. The van der Waals surface area contributed by atoms with Crippen molar-refractivity contribution in [1.82, 2.24) is 30.3 Å². The molecule has 0 aliphatic carbocycles. The standard InChI is InChI=1S/C23H37N7O2/c1-18-6-7-20(16-21(18)31-4)8-10-25-23(26-17-22-28-27-19(2)29(22)3)24-9-5-11-30-12-14-32-15-13-30/h6-7,16H,5,8-15,17H2,1-4H3,(H2,24,25,26). The van der Waals surface area contributed by atoms with Gasteiger partial charge in [-0.2, -0.15) is 0 Å². The lowest BCUT2D eigenvalue weighted by molar-refractivity contribution is 0.0376. The lowest BCUT2D eigenvalue weighted by atomic mass is 10.1. The molecule has 1 aromatic heterocycles. The summed E-state index contributed by atoms with van der Waals surface area (Å²) in [5.74, 6) is 3.46.